The Morgan fingerprint density at radius 2 is 2.16 bits per heavy atom. The summed E-state index contributed by atoms with van der Waals surface area (Å²) in [5, 5.41) is 0. The van der Waals surface area contributed by atoms with Crippen molar-refractivity contribution in [2.24, 2.45) is 28.0 Å². The lowest BCUT2D eigenvalue weighted by Crippen LogP contribution is -2.50. The van der Waals surface area contributed by atoms with Crippen LogP contribution in [0.3, 0.4) is 0 Å². The minimum atomic E-state index is -0.422. The molecule has 4 aliphatic rings. The van der Waals surface area contributed by atoms with Gasteiger partial charge in [-0.05, 0) is 67.2 Å². The van der Waals surface area contributed by atoms with E-state index in [1.807, 2.05) is 18.5 Å². The topological polar surface area (TPSA) is 77.6 Å². The number of nitrogens with zero attached hydrogens (tertiary/aromatic N) is 2. The second kappa shape index (κ2) is 7.18. The van der Waals surface area contributed by atoms with Crippen LogP contribution in [0.2, 0.25) is 0 Å². The third-order valence-corrected chi connectivity index (χ3v) is 7.98. The van der Waals surface area contributed by atoms with Gasteiger partial charge in [0, 0.05) is 37.7 Å². The number of aromatic nitrogens is 1. The number of carbonyl (C=O) groups excluding carboxylic acids is 1. The van der Waals surface area contributed by atoms with Gasteiger partial charge in [0.1, 0.15) is 11.4 Å². The number of allylic oxidation sites excluding steroid dienone is 4. The van der Waals surface area contributed by atoms with Crippen molar-refractivity contribution in [1.82, 2.24) is 4.98 Å². The fourth-order valence-corrected chi connectivity index (χ4v) is 6.41. The van der Waals surface area contributed by atoms with E-state index in [4.69, 9.17) is 10.5 Å². The monoisotopic (exact) mass is 417 g/mol. The molecule has 2 heterocycles. The molecule has 1 aromatic rings. The Bertz CT molecular complexity index is 1030. The van der Waals surface area contributed by atoms with Crippen LogP contribution in [0.5, 0.6) is 0 Å². The normalized spacial score (nSPS) is 37.0. The summed E-state index contributed by atoms with van der Waals surface area (Å²) in [5.41, 5.74) is 8.47. The zero-order chi connectivity index (χ0) is 21.8. The number of amidine groups is 1. The van der Waals surface area contributed by atoms with Crippen molar-refractivity contribution in [3.63, 3.8) is 0 Å². The fraction of sp³-hybridized carbons (Fsp3) is 0.500. The van der Waals surface area contributed by atoms with E-state index in [2.05, 4.69) is 48.1 Å². The highest BCUT2D eigenvalue weighted by Gasteiger charge is 2.58. The van der Waals surface area contributed by atoms with Crippen molar-refractivity contribution in [2.45, 2.75) is 58.0 Å². The number of nitrogens with two attached hydrogens (primary N) is 1. The molecule has 1 saturated carbocycles. The van der Waals surface area contributed by atoms with E-state index in [9.17, 15) is 4.79 Å². The van der Waals surface area contributed by atoms with E-state index in [0.717, 1.165) is 36.2 Å². The van der Waals surface area contributed by atoms with Crippen molar-refractivity contribution >= 4 is 11.6 Å². The van der Waals surface area contributed by atoms with Gasteiger partial charge in [-0.3, -0.25) is 14.8 Å². The summed E-state index contributed by atoms with van der Waals surface area (Å²) in [6.07, 6.45) is 14.0. The second-order valence-corrected chi connectivity index (χ2v) is 9.99. The third kappa shape index (κ3) is 3.17. The van der Waals surface area contributed by atoms with Crippen LogP contribution in [0.15, 0.2) is 64.7 Å². The molecule has 0 saturated heterocycles. The number of ketones is 1. The summed E-state index contributed by atoms with van der Waals surface area (Å²) in [7, 11) is 0. The van der Waals surface area contributed by atoms with Gasteiger partial charge in [-0.25, -0.2) is 0 Å². The molecular formula is C26H31N3O2. The number of rotatable bonds is 3. The van der Waals surface area contributed by atoms with Crippen LogP contribution in [0.25, 0.3) is 0 Å². The van der Waals surface area contributed by atoms with E-state index in [1.165, 1.54) is 5.56 Å². The summed E-state index contributed by atoms with van der Waals surface area (Å²) < 4.78 is 6.80. The number of fused-ring (bicyclic) bond motifs is 3. The summed E-state index contributed by atoms with van der Waals surface area (Å²) in [5.74, 6) is 2.48. The van der Waals surface area contributed by atoms with Gasteiger partial charge in [-0.2, -0.15) is 0 Å². The average Bonchev–Trinajstić information content (AvgIpc) is 3.10. The minimum absolute atomic E-state index is 0.00772. The first-order chi connectivity index (χ1) is 14.8. The summed E-state index contributed by atoms with van der Waals surface area (Å²) in [6.45, 7) is 6.95. The molecule has 162 valence electrons. The molecule has 31 heavy (non-hydrogen) atoms. The lowest BCUT2D eigenvalue weighted by molar-refractivity contribution is -0.118. The van der Waals surface area contributed by atoms with E-state index < -0.39 is 5.60 Å². The molecule has 5 heteroatoms. The molecule has 0 radical (unpaired) electrons. The number of Topliss-reactive ketones (excluding diaryl/α,β-unsaturated/α-hetero) is 1. The number of hydrogen-bond acceptors (Lipinski definition) is 4. The van der Waals surface area contributed by atoms with Crippen molar-refractivity contribution in [3.05, 3.63) is 65.2 Å². The predicted molar refractivity (Wildman–Crippen MR) is 121 cm³/mol. The van der Waals surface area contributed by atoms with Crippen LogP contribution in [0.4, 0.5) is 0 Å². The lowest BCUT2D eigenvalue weighted by Gasteiger charge is -2.51. The van der Waals surface area contributed by atoms with Gasteiger partial charge in [0.2, 0.25) is 0 Å². The molecule has 1 fully saturated rings. The van der Waals surface area contributed by atoms with Crippen molar-refractivity contribution < 1.29 is 9.53 Å². The zero-order valence-electron chi connectivity index (χ0n) is 18.6. The van der Waals surface area contributed by atoms with E-state index >= 15 is 0 Å². The molecule has 0 spiro atoms. The van der Waals surface area contributed by atoms with Crippen LogP contribution in [-0.4, -0.2) is 28.7 Å². The SMILES string of the molecule is CC(N)=NCC1CC(=O)C2=C(C1)O[C@]1(C)C(=C2)C=C[C@]2(C)[C@@H](c3cccnc3)CC[C@H]21. The molecule has 1 aliphatic heterocycles. The van der Waals surface area contributed by atoms with Gasteiger partial charge in [-0.1, -0.05) is 25.1 Å². The van der Waals surface area contributed by atoms with E-state index in [0.29, 0.717) is 30.6 Å². The van der Waals surface area contributed by atoms with Crippen molar-refractivity contribution in [2.75, 3.05) is 6.54 Å². The van der Waals surface area contributed by atoms with Gasteiger partial charge < -0.3 is 10.5 Å². The zero-order valence-corrected chi connectivity index (χ0v) is 18.6. The largest absolute Gasteiger partial charge is 0.486 e. The lowest BCUT2D eigenvalue weighted by atomic mass is 9.60. The quantitative estimate of drug-likeness (QED) is 0.581. The number of ether oxygens (including phenoxy) is 1. The summed E-state index contributed by atoms with van der Waals surface area (Å²) in [6, 6.07) is 4.22. The standard InChI is InChI=1S/C26H31N3O2/c1-16(27)29-14-17-11-22(30)20-13-19-8-9-25(2)21(18-5-4-10-28-15-18)6-7-24(25)26(19,3)31-23(20)12-17/h4-5,8-10,13,15,17,21,24H,6-7,11-12,14H2,1-3H3,(H2,27,29)/t17?,21-,24-,25-,26-/m1/s1. The first kappa shape index (κ1) is 20.2. The van der Waals surface area contributed by atoms with Gasteiger partial charge >= 0.3 is 0 Å². The van der Waals surface area contributed by atoms with E-state index in [-0.39, 0.29) is 17.1 Å². The third-order valence-electron chi connectivity index (χ3n) is 7.98. The molecular weight excluding hydrogens is 386 g/mol. The summed E-state index contributed by atoms with van der Waals surface area (Å²) >= 11 is 0. The maximum Gasteiger partial charge on any atom is 0.166 e. The minimum Gasteiger partial charge on any atom is -0.486 e. The van der Waals surface area contributed by atoms with Crippen LogP contribution >= 0.6 is 0 Å². The number of carbonyl (C=O) groups is 1. The Labute approximate surface area is 184 Å². The smallest absolute Gasteiger partial charge is 0.166 e. The van der Waals surface area contributed by atoms with E-state index in [1.54, 1.807) is 6.92 Å². The Morgan fingerprint density at radius 3 is 2.90 bits per heavy atom. The molecule has 0 aromatic carbocycles. The number of aliphatic imine (C=N–C) groups is 1. The summed E-state index contributed by atoms with van der Waals surface area (Å²) in [4.78, 5) is 21.6. The maximum absolute atomic E-state index is 12.9. The Morgan fingerprint density at radius 1 is 1.32 bits per heavy atom. The molecule has 1 aromatic heterocycles. The van der Waals surface area contributed by atoms with Gasteiger partial charge in [0.05, 0.1) is 11.4 Å². The molecule has 5 rings (SSSR count). The predicted octanol–water partition coefficient (Wildman–Crippen LogP) is 4.48. The van der Waals surface area contributed by atoms with Gasteiger partial charge in [0.15, 0.2) is 5.78 Å². The fourth-order valence-electron chi connectivity index (χ4n) is 6.41. The Kier molecular flexibility index (Phi) is 4.68. The van der Waals surface area contributed by atoms with Gasteiger partial charge in [-0.15, -0.1) is 0 Å². The maximum atomic E-state index is 12.9. The molecule has 0 bridgehead atoms. The Hall–Kier alpha value is -2.69. The molecule has 2 N–H and O–H groups in total. The molecule has 0 amide bonds. The molecule has 1 unspecified atom stereocenters. The van der Waals surface area contributed by atoms with Crippen molar-refractivity contribution in [1.29, 1.82) is 0 Å². The highest BCUT2D eigenvalue weighted by molar-refractivity contribution is 6.00. The average molecular weight is 418 g/mol. The number of pyridine rings is 1. The highest BCUT2D eigenvalue weighted by atomic mass is 16.5. The van der Waals surface area contributed by atoms with Crippen LogP contribution in [0, 0.1) is 17.3 Å². The van der Waals surface area contributed by atoms with Crippen molar-refractivity contribution in [3.8, 4) is 0 Å². The van der Waals surface area contributed by atoms with Crippen LogP contribution < -0.4 is 5.73 Å². The Balaban J connectivity index is 1.48. The molecule has 3 aliphatic carbocycles. The molecule has 5 nitrogen and oxygen atoms in total. The molecule has 5 atom stereocenters. The van der Waals surface area contributed by atoms with Gasteiger partial charge in [0.25, 0.3) is 0 Å². The van der Waals surface area contributed by atoms with Crippen LogP contribution in [0.1, 0.15) is 57.9 Å². The second-order valence-electron chi connectivity index (χ2n) is 9.99. The first-order valence-corrected chi connectivity index (χ1v) is 11.3. The first-order valence-electron chi connectivity index (χ1n) is 11.3. The van der Waals surface area contributed by atoms with Crippen LogP contribution in [-0.2, 0) is 9.53 Å². The number of hydrogen-bond donors (Lipinski definition) is 1. The highest BCUT2D eigenvalue weighted by Crippen LogP contribution is 2.63.